The quantitative estimate of drug-likeness (QED) is 0.643. The second-order valence-electron chi connectivity index (χ2n) is 3.57. The van der Waals surface area contributed by atoms with Crippen LogP contribution < -0.4 is 5.48 Å². The largest absolute Gasteiger partial charge is 0.274 e. The van der Waals surface area contributed by atoms with Crippen LogP contribution in [0.15, 0.2) is 12.3 Å². The lowest BCUT2D eigenvalue weighted by Gasteiger charge is -2.21. The summed E-state index contributed by atoms with van der Waals surface area (Å²) >= 11 is 0. The van der Waals surface area contributed by atoms with Gasteiger partial charge < -0.3 is 0 Å². The molecule has 1 unspecified atom stereocenters. The Morgan fingerprint density at radius 1 is 1.38 bits per heavy atom. The zero-order valence-electron chi connectivity index (χ0n) is 8.21. The van der Waals surface area contributed by atoms with Crippen LogP contribution in [0.5, 0.6) is 0 Å². The fraction of sp³-hybridized carbons (Fsp3) is 0.800. The molecule has 0 amide bonds. The SMILES string of the molecule is CCCCCCC1(C[O])C=CNO1. The van der Waals surface area contributed by atoms with Crippen molar-refractivity contribution in [3.8, 4) is 0 Å². The molecule has 0 saturated heterocycles. The zero-order valence-corrected chi connectivity index (χ0v) is 8.21. The van der Waals surface area contributed by atoms with Crippen LogP contribution in [0, 0.1) is 0 Å². The average molecular weight is 184 g/mol. The molecule has 0 saturated carbocycles. The number of rotatable bonds is 6. The van der Waals surface area contributed by atoms with E-state index in [9.17, 15) is 5.11 Å². The summed E-state index contributed by atoms with van der Waals surface area (Å²) in [5.74, 6) is 0. The van der Waals surface area contributed by atoms with Gasteiger partial charge in [0, 0.05) is 6.20 Å². The first-order valence-corrected chi connectivity index (χ1v) is 5.02. The molecule has 0 bridgehead atoms. The summed E-state index contributed by atoms with van der Waals surface area (Å²) in [6.07, 6.45) is 9.10. The molecule has 0 aromatic rings. The molecule has 1 aliphatic rings. The van der Waals surface area contributed by atoms with Gasteiger partial charge in [-0.2, -0.15) is 0 Å². The van der Waals surface area contributed by atoms with E-state index in [1.807, 2.05) is 6.08 Å². The molecule has 3 nitrogen and oxygen atoms in total. The van der Waals surface area contributed by atoms with Crippen molar-refractivity contribution >= 4 is 0 Å². The topological polar surface area (TPSA) is 41.2 Å². The molecule has 1 radical (unpaired) electrons. The molecular formula is C10H18NO2. The van der Waals surface area contributed by atoms with E-state index >= 15 is 0 Å². The van der Waals surface area contributed by atoms with Crippen LogP contribution in [-0.4, -0.2) is 12.2 Å². The molecule has 1 heterocycles. The molecule has 0 aliphatic carbocycles. The Balaban J connectivity index is 2.20. The van der Waals surface area contributed by atoms with Crippen molar-refractivity contribution in [3.05, 3.63) is 12.3 Å². The first-order chi connectivity index (χ1) is 6.33. The van der Waals surface area contributed by atoms with Gasteiger partial charge in [0.05, 0.1) is 0 Å². The van der Waals surface area contributed by atoms with Gasteiger partial charge in [0.2, 0.25) is 0 Å². The monoisotopic (exact) mass is 184 g/mol. The highest BCUT2D eigenvalue weighted by Crippen LogP contribution is 2.23. The summed E-state index contributed by atoms with van der Waals surface area (Å²) in [4.78, 5) is 5.20. The molecule has 0 aromatic heterocycles. The van der Waals surface area contributed by atoms with Crippen molar-refractivity contribution in [2.45, 2.75) is 44.6 Å². The predicted octanol–water partition coefficient (Wildman–Crippen LogP) is 2.17. The van der Waals surface area contributed by atoms with Gasteiger partial charge in [-0.25, -0.2) is 5.11 Å². The van der Waals surface area contributed by atoms with Crippen molar-refractivity contribution in [2.24, 2.45) is 0 Å². The molecular weight excluding hydrogens is 166 g/mol. The molecule has 75 valence electrons. The van der Waals surface area contributed by atoms with Crippen molar-refractivity contribution < 1.29 is 9.94 Å². The summed E-state index contributed by atoms with van der Waals surface area (Å²) < 4.78 is 0. The van der Waals surface area contributed by atoms with E-state index < -0.39 is 5.60 Å². The molecule has 13 heavy (non-hydrogen) atoms. The second kappa shape index (κ2) is 5.25. The lowest BCUT2D eigenvalue weighted by Crippen LogP contribution is -2.33. The van der Waals surface area contributed by atoms with Gasteiger partial charge in [0.25, 0.3) is 0 Å². The highest BCUT2D eigenvalue weighted by Gasteiger charge is 2.31. The van der Waals surface area contributed by atoms with Crippen LogP contribution in [-0.2, 0) is 9.94 Å². The van der Waals surface area contributed by atoms with Gasteiger partial charge in [0.15, 0.2) is 0 Å². The van der Waals surface area contributed by atoms with Crippen LogP contribution in [0.3, 0.4) is 0 Å². The minimum atomic E-state index is -0.562. The van der Waals surface area contributed by atoms with Crippen LogP contribution in [0.4, 0.5) is 0 Å². The minimum Gasteiger partial charge on any atom is -0.274 e. The summed E-state index contributed by atoms with van der Waals surface area (Å²) in [6, 6.07) is 0. The normalized spacial score (nSPS) is 26.3. The van der Waals surface area contributed by atoms with Gasteiger partial charge in [-0.05, 0) is 12.5 Å². The zero-order chi connectivity index (χ0) is 9.57. The Kier molecular flexibility index (Phi) is 4.25. The molecule has 0 spiro atoms. The van der Waals surface area contributed by atoms with E-state index in [0.29, 0.717) is 0 Å². The number of unbranched alkanes of at least 4 members (excludes halogenated alkanes) is 3. The van der Waals surface area contributed by atoms with Gasteiger partial charge in [-0.3, -0.25) is 10.3 Å². The third-order valence-electron chi connectivity index (χ3n) is 2.42. The van der Waals surface area contributed by atoms with Crippen molar-refractivity contribution in [3.63, 3.8) is 0 Å². The van der Waals surface area contributed by atoms with Crippen LogP contribution in [0.25, 0.3) is 0 Å². The molecule has 0 aromatic carbocycles. The van der Waals surface area contributed by atoms with E-state index in [-0.39, 0.29) is 6.61 Å². The van der Waals surface area contributed by atoms with Gasteiger partial charge >= 0.3 is 0 Å². The number of hydrogen-bond acceptors (Lipinski definition) is 2. The van der Waals surface area contributed by atoms with E-state index in [1.165, 1.54) is 19.3 Å². The van der Waals surface area contributed by atoms with Crippen LogP contribution in [0.1, 0.15) is 39.0 Å². The highest BCUT2D eigenvalue weighted by molar-refractivity contribution is 5.04. The maximum atomic E-state index is 10.9. The van der Waals surface area contributed by atoms with Crippen molar-refractivity contribution in [1.82, 2.24) is 5.48 Å². The number of hydrogen-bond donors (Lipinski definition) is 1. The Hall–Kier alpha value is -0.540. The molecule has 1 atom stereocenters. The molecule has 1 aliphatic heterocycles. The Bertz CT molecular complexity index is 170. The molecule has 1 N–H and O–H groups in total. The van der Waals surface area contributed by atoms with Gasteiger partial charge in [-0.15, -0.1) is 0 Å². The standard InChI is InChI=1S/C10H18NO2/c1-2-3-4-5-6-10(9-12)7-8-11-13-10/h7-8,11H,2-6,9H2,1H3. The smallest absolute Gasteiger partial charge is 0.142 e. The summed E-state index contributed by atoms with van der Waals surface area (Å²) in [6.45, 7) is 1.99. The van der Waals surface area contributed by atoms with Crippen LogP contribution >= 0.6 is 0 Å². The fourth-order valence-electron chi connectivity index (χ4n) is 1.51. The first-order valence-electron chi connectivity index (χ1n) is 5.02. The Morgan fingerprint density at radius 3 is 2.77 bits per heavy atom. The summed E-state index contributed by atoms with van der Waals surface area (Å²) in [5, 5.41) is 10.9. The van der Waals surface area contributed by atoms with Crippen molar-refractivity contribution in [1.29, 1.82) is 0 Å². The van der Waals surface area contributed by atoms with Crippen LogP contribution in [0.2, 0.25) is 0 Å². The third kappa shape index (κ3) is 3.01. The third-order valence-corrected chi connectivity index (χ3v) is 2.42. The number of nitrogens with one attached hydrogen (secondary N) is 1. The molecule has 0 fully saturated rings. The maximum absolute atomic E-state index is 10.9. The predicted molar refractivity (Wildman–Crippen MR) is 50.4 cm³/mol. The van der Waals surface area contributed by atoms with E-state index in [1.54, 1.807) is 6.20 Å². The Morgan fingerprint density at radius 2 is 2.23 bits per heavy atom. The Labute approximate surface area is 79.7 Å². The lowest BCUT2D eigenvalue weighted by molar-refractivity contribution is -0.0882. The lowest BCUT2D eigenvalue weighted by atomic mass is 9.97. The van der Waals surface area contributed by atoms with E-state index in [0.717, 1.165) is 12.8 Å². The molecule has 1 rings (SSSR count). The van der Waals surface area contributed by atoms with Gasteiger partial charge in [0.1, 0.15) is 12.2 Å². The van der Waals surface area contributed by atoms with E-state index in [2.05, 4.69) is 12.4 Å². The first kappa shape index (κ1) is 10.5. The second-order valence-corrected chi connectivity index (χ2v) is 3.57. The van der Waals surface area contributed by atoms with E-state index in [4.69, 9.17) is 4.84 Å². The summed E-state index contributed by atoms with van der Waals surface area (Å²) in [7, 11) is 0. The highest BCUT2D eigenvalue weighted by atomic mass is 16.7. The number of hydroxylamine groups is 1. The van der Waals surface area contributed by atoms with Crippen molar-refractivity contribution in [2.75, 3.05) is 6.61 Å². The molecule has 3 heteroatoms. The average Bonchev–Trinajstić information content (AvgIpc) is 2.62. The minimum absolute atomic E-state index is 0.192. The van der Waals surface area contributed by atoms with Gasteiger partial charge in [-0.1, -0.05) is 32.6 Å². The maximum Gasteiger partial charge on any atom is 0.142 e. The summed E-state index contributed by atoms with van der Waals surface area (Å²) in [5.41, 5.74) is 2.06. The fourth-order valence-corrected chi connectivity index (χ4v) is 1.51.